The zero-order chi connectivity index (χ0) is 17.6. The molecule has 0 atom stereocenters. The van der Waals surface area contributed by atoms with Crippen LogP contribution in [0.15, 0.2) is 47.3 Å². The van der Waals surface area contributed by atoms with Gasteiger partial charge in [-0.25, -0.2) is 4.98 Å². The summed E-state index contributed by atoms with van der Waals surface area (Å²) in [5.41, 5.74) is 1.88. The van der Waals surface area contributed by atoms with Gasteiger partial charge in [0.15, 0.2) is 0 Å². The summed E-state index contributed by atoms with van der Waals surface area (Å²) in [4.78, 5) is 27.6. The molecule has 0 aliphatic carbocycles. The van der Waals surface area contributed by atoms with E-state index in [0.29, 0.717) is 24.3 Å². The number of aromatic nitrogens is 2. The standard InChI is InChI=1S/C18H13N3O4/c22-14-4-1-11(2-5-14)9-12-7-8-20-17(12)19-16-6-3-13(21(24)25)10-15(16)18(20)23/h1-6,9-10,22H,7-8H2/b12-9+. The Balaban J connectivity index is 1.87. The molecule has 0 fully saturated rings. The van der Waals surface area contributed by atoms with Crippen LogP contribution in [-0.4, -0.2) is 19.6 Å². The second-order valence-electron chi connectivity index (χ2n) is 5.86. The molecule has 1 N–H and O–H groups in total. The van der Waals surface area contributed by atoms with Gasteiger partial charge >= 0.3 is 0 Å². The lowest BCUT2D eigenvalue weighted by molar-refractivity contribution is -0.384. The number of rotatable bonds is 2. The Kier molecular flexibility index (Phi) is 3.35. The summed E-state index contributed by atoms with van der Waals surface area (Å²) in [7, 11) is 0. The first-order valence-corrected chi connectivity index (χ1v) is 7.72. The van der Waals surface area contributed by atoms with Crippen LogP contribution < -0.4 is 5.56 Å². The monoisotopic (exact) mass is 335 g/mol. The van der Waals surface area contributed by atoms with Crippen molar-refractivity contribution in [2.24, 2.45) is 0 Å². The molecule has 0 saturated heterocycles. The van der Waals surface area contributed by atoms with Gasteiger partial charge in [0.05, 0.1) is 15.8 Å². The minimum atomic E-state index is -0.521. The molecule has 2 heterocycles. The first-order chi connectivity index (χ1) is 12.0. The molecular formula is C18H13N3O4. The molecule has 3 aromatic rings. The van der Waals surface area contributed by atoms with E-state index >= 15 is 0 Å². The van der Waals surface area contributed by atoms with Crippen LogP contribution in [0.1, 0.15) is 17.8 Å². The highest BCUT2D eigenvalue weighted by Crippen LogP contribution is 2.28. The SMILES string of the molecule is O=c1c2cc([N+](=O)[O-])ccc2nc2n1CC/C2=C\c1ccc(O)cc1. The van der Waals surface area contributed by atoms with Crippen molar-refractivity contribution in [1.82, 2.24) is 9.55 Å². The van der Waals surface area contributed by atoms with Crippen LogP contribution >= 0.6 is 0 Å². The zero-order valence-electron chi connectivity index (χ0n) is 13.0. The van der Waals surface area contributed by atoms with Crippen molar-refractivity contribution in [3.05, 3.63) is 74.3 Å². The number of benzene rings is 2. The molecule has 4 rings (SSSR count). The molecule has 0 saturated carbocycles. The quantitative estimate of drug-likeness (QED) is 0.573. The van der Waals surface area contributed by atoms with Gasteiger partial charge in [-0.05, 0) is 41.8 Å². The van der Waals surface area contributed by atoms with E-state index in [9.17, 15) is 20.0 Å². The second kappa shape index (κ2) is 5.55. The summed E-state index contributed by atoms with van der Waals surface area (Å²) < 4.78 is 1.55. The molecule has 1 aromatic heterocycles. The summed E-state index contributed by atoms with van der Waals surface area (Å²) in [6.07, 6.45) is 2.59. The zero-order valence-corrected chi connectivity index (χ0v) is 13.0. The number of phenols is 1. The fourth-order valence-electron chi connectivity index (χ4n) is 3.03. The lowest BCUT2D eigenvalue weighted by Gasteiger charge is -2.05. The first-order valence-electron chi connectivity index (χ1n) is 7.72. The lowest BCUT2D eigenvalue weighted by Crippen LogP contribution is -2.20. The predicted octanol–water partition coefficient (Wildman–Crippen LogP) is 2.95. The molecule has 2 aromatic carbocycles. The molecule has 0 bridgehead atoms. The maximum atomic E-state index is 12.7. The van der Waals surface area contributed by atoms with Gasteiger partial charge in [-0.2, -0.15) is 0 Å². The predicted molar refractivity (Wildman–Crippen MR) is 93.3 cm³/mol. The average Bonchev–Trinajstić information content (AvgIpc) is 3.00. The average molecular weight is 335 g/mol. The molecule has 0 radical (unpaired) electrons. The molecule has 124 valence electrons. The van der Waals surface area contributed by atoms with E-state index < -0.39 is 4.92 Å². The van der Waals surface area contributed by atoms with Crippen molar-refractivity contribution < 1.29 is 10.0 Å². The third-order valence-corrected chi connectivity index (χ3v) is 4.27. The summed E-state index contributed by atoms with van der Waals surface area (Å²) in [5.74, 6) is 0.773. The van der Waals surface area contributed by atoms with Crippen molar-refractivity contribution in [1.29, 1.82) is 0 Å². The minimum absolute atomic E-state index is 0.121. The topological polar surface area (TPSA) is 98.3 Å². The van der Waals surface area contributed by atoms with E-state index in [1.165, 1.54) is 18.2 Å². The van der Waals surface area contributed by atoms with Gasteiger partial charge in [-0.1, -0.05) is 12.1 Å². The molecule has 1 aliphatic heterocycles. The van der Waals surface area contributed by atoms with Crippen LogP contribution in [0.4, 0.5) is 5.69 Å². The lowest BCUT2D eigenvalue weighted by atomic mass is 10.1. The number of nitro groups is 1. The Morgan fingerprint density at radius 2 is 1.96 bits per heavy atom. The van der Waals surface area contributed by atoms with Gasteiger partial charge in [0.2, 0.25) is 0 Å². The molecule has 0 unspecified atom stereocenters. The fraction of sp³-hybridized carbons (Fsp3) is 0.111. The Morgan fingerprint density at radius 1 is 1.20 bits per heavy atom. The molecule has 7 nitrogen and oxygen atoms in total. The smallest absolute Gasteiger partial charge is 0.270 e. The first kappa shape index (κ1) is 15.1. The highest BCUT2D eigenvalue weighted by molar-refractivity contribution is 5.85. The van der Waals surface area contributed by atoms with E-state index in [1.807, 2.05) is 6.08 Å². The normalized spacial score (nSPS) is 14.8. The van der Waals surface area contributed by atoms with Crippen LogP contribution in [-0.2, 0) is 6.54 Å². The number of hydrogen-bond acceptors (Lipinski definition) is 5. The number of allylic oxidation sites excluding steroid dienone is 1. The molecule has 25 heavy (non-hydrogen) atoms. The summed E-state index contributed by atoms with van der Waals surface area (Å²) in [6.45, 7) is 0.490. The molecule has 0 spiro atoms. The van der Waals surface area contributed by atoms with Gasteiger partial charge in [0.1, 0.15) is 11.6 Å². The minimum Gasteiger partial charge on any atom is -0.508 e. The summed E-state index contributed by atoms with van der Waals surface area (Å²) in [5, 5.41) is 20.5. The Morgan fingerprint density at radius 3 is 2.68 bits per heavy atom. The van der Waals surface area contributed by atoms with Crippen molar-refractivity contribution >= 4 is 28.2 Å². The van der Waals surface area contributed by atoms with Crippen LogP contribution in [0.2, 0.25) is 0 Å². The summed E-state index contributed by atoms with van der Waals surface area (Å²) >= 11 is 0. The van der Waals surface area contributed by atoms with Gasteiger partial charge in [-0.3, -0.25) is 19.5 Å². The molecule has 1 aliphatic rings. The van der Waals surface area contributed by atoms with Gasteiger partial charge < -0.3 is 5.11 Å². The van der Waals surface area contributed by atoms with E-state index in [0.717, 1.165) is 11.1 Å². The third-order valence-electron chi connectivity index (χ3n) is 4.27. The number of phenolic OH excluding ortho intramolecular Hbond substituents is 1. The van der Waals surface area contributed by atoms with Gasteiger partial charge in [-0.15, -0.1) is 0 Å². The number of aromatic hydroxyl groups is 1. The molecule has 0 amide bonds. The van der Waals surface area contributed by atoms with Gasteiger partial charge in [0, 0.05) is 18.7 Å². The Hall–Kier alpha value is -3.48. The third kappa shape index (κ3) is 2.55. The number of hydrogen-bond donors (Lipinski definition) is 1. The van der Waals surface area contributed by atoms with E-state index in [4.69, 9.17) is 0 Å². The van der Waals surface area contributed by atoms with Crippen molar-refractivity contribution in [3.63, 3.8) is 0 Å². The molecular weight excluding hydrogens is 322 g/mol. The van der Waals surface area contributed by atoms with Crippen molar-refractivity contribution in [2.75, 3.05) is 0 Å². The van der Waals surface area contributed by atoms with Crippen molar-refractivity contribution in [3.8, 4) is 5.75 Å². The van der Waals surface area contributed by atoms with Crippen LogP contribution in [0.25, 0.3) is 22.6 Å². The Labute approximate surface area is 141 Å². The largest absolute Gasteiger partial charge is 0.508 e. The maximum absolute atomic E-state index is 12.7. The second-order valence-corrected chi connectivity index (χ2v) is 5.86. The van der Waals surface area contributed by atoms with Crippen molar-refractivity contribution in [2.45, 2.75) is 13.0 Å². The summed E-state index contributed by atoms with van der Waals surface area (Å²) in [6, 6.07) is 10.9. The van der Waals surface area contributed by atoms with Crippen LogP contribution in [0, 0.1) is 10.1 Å². The fourth-order valence-corrected chi connectivity index (χ4v) is 3.03. The maximum Gasteiger partial charge on any atom is 0.270 e. The molecule has 7 heteroatoms. The highest BCUT2D eigenvalue weighted by atomic mass is 16.6. The number of nitrogens with zero attached hydrogens (tertiary/aromatic N) is 3. The van der Waals surface area contributed by atoms with Gasteiger partial charge in [0.25, 0.3) is 11.2 Å². The Bertz CT molecular complexity index is 1100. The van der Waals surface area contributed by atoms with Crippen LogP contribution in [0.5, 0.6) is 5.75 Å². The van der Waals surface area contributed by atoms with E-state index in [1.54, 1.807) is 28.8 Å². The van der Waals surface area contributed by atoms with Crippen LogP contribution in [0.3, 0.4) is 0 Å². The highest BCUT2D eigenvalue weighted by Gasteiger charge is 2.22. The van der Waals surface area contributed by atoms with E-state index in [-0.39, 0.29) is 22.4 Å². The number of non-ortho nitro benzene ring substituents is 1. The van der Waals surface area contributed by atoms with E-state index in [2.05, 4.69) is 4.98 Å². The number of nitro benzene ring substituents is 1. The number of fused-ring (bicyclic) bond motifs is 2.